The van der Waals surface area contributed by atoms with Crippen LogP contribution in [0.1, 0.15) is 0 Å². The van der Waals surface area contributed by atoms with Gasteiger partial charge < -0.3 is 0 Å². The predicted octanol–water partition coefficient (Wildman–Crippen LogP) is 4.33. The van der Waals surface area contributed by atoms with Crippen LogP contribution >= 0.6 is 23.1 Å². The van der Waals surface area contributed by atoms with Gasteiger partial charge >= 0.3 is 0 Å². The molecular formula is C15H11NO2S3. The van der Waals surface area contributed by atoms with Gasteiger partial charge in [-0.1, -0.05) is 42.1 Å². The minimum Gasteiger partial charge on any atom is -0.229 e. The Hall–Kier alpha value is -1.63. The molecule has 0 saturated heterocycles. The Morgan fingerprint density at radius 1 is 1.00 bits per heavy atom. The van der Waals surface area contributed by atoms with Gasteiger partial charge in [0.2, 0.25) is 0 Å². The van der Waals surface area contributed by atoms with Gasteiger partial charge in [0.15, 0.2) is 14.2 Å². The van der Waals surface area contributed by atoms with E-state index in [0.29, 0.717) is 4.90 Å². The standard InChI is InChI=1S/C15H11NO2S3/c17-21(18,12-6-2-1-3-7-12)11-10-19-15-16-13-8-4-5-9-14(13)20-15/h1-11H/b11-10-. The lowest BCUT2D eigenvalue weighted by Crippen LogP contribution is -1.94. The highest BCUT2D eigenvalue weighted by Gasteiger charge is 2.09. The fourth-order valence-electron chi connectivity index (χ4n) is 1.75. The van der Waals surface area contributed by atoms with Gasteiger partial charge in [0.05, 0.1) is 15.1 Å². The fourth-order valence-corrected chi connectivity index (χ4v) is 4.84. The van der Waals surface area contributed by atoms with Crippen molar-refractivity contribution in [3.8, 4) is 0 Å². The molecule has 0 aliphatic rings. The second-order valence-corrected chi connectivity index (χ2v) is 8.21. The number of hydrogen-bond acceptors (Lipinski definition) is 5. The number of thiazole rings is 1. The minimum atomic E-state index is -3.39. The monoisotopic (exact) mass is 333 g/mol. The zero-order chi connectivity index (χ0) is 14.7. The molecule has 3 rings (SSSR count). The number of hydrogen-bond donors (Lipinski definition) is 0. The summed E-state index contributed by atoms with van der Waals surface area (Å²) in [6, 6.07) is 16.2. The van der Waals surface area contributed by atoms with Crippen molar-refractivity contribution in [1.82, 2.24) is 4.98 Å². The van der Waals surface area contributed by atoms with E-state index in [2.05, 4.69) is 4.98 Å². The van der Waals surface area contributed by atoms with Crippen LogP contribution in [0, 0.1) is 0 Å². The number of benzene rings is 2. The number of aromatic nitrogens is 1. The summed E-state index contributed by atoms with van der Waals surface area (Å²) in [4.78, 5) is 4.74. The van der Waals surface area contributed by atoms with E-state index in [1.54, 1.807) is 47.1 Å². The van der Waals surface area contributed by atoms with E-state index in [1.165, 1.54) is 17.2 Å². The summed E-state index contributed by atoms with van der Waals surface area (Å²) in [5.41, 5.74) is 0.935. The molecule has 6 heteroatoms. The first kappa shape index (κ1) is 14.3. The predicted molar refractivity (Wildman–Crippen MR) is 88.2 cm³/mol. The molecule has 0 aliphatic carbocycles. The molecule has 0 radical (unpaired) electrons. The summed E-state index contributed by atoms with van der Waals surface area (Å²) in [6.45, 7) is 0. The molecule has 1 heterocycles. The van der Waals surface area contributed by atoms with Gasteiger partial charge in [-0.2, -0.15) is 0 Å². The van der Waals surface area contributed by atoms with E-state index < -0.39 is 9.84 Å². The van der Waals surface area contributed by atoms with Crippen LogP contribution in [-0.4, -0.2) is 13.4 Å². The summed E-state index contributed by atoms with van der Waals surface area (Å²) in [6.07, 6.45) is 0. The van der Waals surface area contributed by atoms with Crippen molar-refractivity contribution >= 4 is 43.2 Å². The quantitative estimate of drug-likeness (QED) is 0.667. The van der Waals surface area contributed by atoms with E-state index in [0.717, 1.165) is 14.6 Å². The molecule has 0 spiro atoms. The van der Waals surface area contributed by atoms with Crippen molar-refractivity contribution in [3.63, 3.8) is 0 Å². The van der Waals surface area contributed by atoms with E-state index >= 15 is 0 Å². The third-order valence-electron chi connectivity index (χ3n) is 2.75. The Bertz CT molecular complexity index is 850. The summed E-state index contributed by atoms with van der Waals surface area (Å²) in [7, 11) is -3.39. The van der Waals surface area contributed by atoms with E-state index in [4.69, 9.17) is 0 Å². The van der Waals surface area contributed by atoms with Gasteiger partial charge in [-0.15, -0.1) is 11.3 Å². The zero-order valence-electron chi connectivity index (χ0n) is 10.8. The van der Waals surface area contributed by atoms with Crippen LogP contribution in [-0.2, 0) is 9.84 Å². The summed E-state index contributed by atoms with van der Waals surface area (Å²) in [5, 5.41) is 2.79. The molecule has 0 unspecified atom stereocenters. The number of para-hydroxylation sites is 1. The third kappa shape index (κ3) is 3.34. The van der Waals surface area contributed by atoms with E-state index in [-0.39, 0.29) is 0 Å². The molecule has 0 amide bonds. The van der Waals surface area contributed by atoms with E-state index in [9.17, 15) is 8.42 Å². The van der Waals surface area contributed by atoms with Crippen LogP contribution in [0.2, 0.25) is 0 Å². The summed E-state index contributed by atoms with van der Waals surface area (Å²) in [5.74, 6) is 0. The van der Waals surface area contributed by atoms with Crippen molar-refractivity contribution in [2.45, 2.75) is 9.24 Å². The van der Waals surface area contributed by atoms with Gasteiger partial charge in [-0.3, -0.25) is 0 Å². The van der Waals surface area contributed by atoms with Crippen LogP contribution < -0.4 is 0 Å². The Balaban J connectivity index is 1.78. The van der Waals surface area contributed by atoms with Crippen molar-refractivity contribution in [1.29, 1.82) is 0 Å². The molecule has 0 atom stereocenters. The number of fused-ring (bicyclic) bond motifs is 1. The summed E-state index contributed by atoms with van der Waals surface area (Å²) >= 11 is 2.86. The number of rotatable bonds is 4. The highest BCUT2D eigenvalue weighted by Crippen LogP contribution is 2.30. The molecule has 3 nitrogen and oxygen atoms in total. The molecule has 1 aromatic heterocycles. The molecule has 0 bridgehead atoms. The SMILES string of the molecule is O=S(=O)(/C=C\Sc1nc2ccccc2s1)c1ccccc1. The maximum absolute atomic E-state index is 12.1. The van der Waals surface area contributed by atoms with Crippen LogP contribution in [0.15, 0.2) is 74.6 Å². The highest BCUT2D eigenvalue weighted by atomic mass is 32.2. The normalized spacial score (nSPS) is 12.2. The van der Waals surface area contributed by atoms with Crippen molar-refractivity contribution in [3.05, 3.63) is 65.4 Å². The Labute approximate surface area is 131 Å². The first-order chi connectivity index (χ1) is 10.1. The molecule has 0 N–H and O–H groups in total. The molecule has 3 aromatic rings. The van der Waals surface area contributed by atoms with Gasteiger partial charge in [-0.05, 0) is 29.7 Å². The van der Waals surface area contributed by atoms with Crippen LogP contribution in [0.5, 0.6) is 0 Å². The summed E-state index contributed by atoms with van der Waals surface area (Å²) < 4.78 is 26.1. The Morgan fingerprint density at radius 3 is 2.48 bits per heavy atom. The topological polar surface area (TPSA) is 47.0 Å². The molecule has 0 fully saturated rings. The van der Waals surface area contributed by atoms with Crippen molar-refractivity contribution in [2.24, 2.45) is 0 Å². The molecule has 2 aromatic carbocycles. The molecule has 106 valence electrons. The average Bonchev–Trinajstić information content (AvgIpc) is 2.90. The first-order valence-corrected chi connectivity index (χ1v) is 9.38. The second kappa shape index (κ2) is 6.01. The van der Waals surface area contributed by atoms with Gasteiger partial charge in [0, 0.05) is 5.41 Å². The number of sulfone groups is 1. The lowest BCUT2D eigenvalue weighted by molar-refractivity contribution is 0.604. The van der Waals surface area contributed by atoms with E-state index in [1.807, 2.05) is 24.3 Å². The number of thioether (sulfide) groups is 1. The molecule has 21 heavy (non-hydrogen) atoms. The maximum atomic E-state index is 12.1. The lowest BCUT2D eigenvalue weighted by Gasteiger charge is -1.96. The average molecular weight is 333 g/mol. The van der Waals surface area contributed by atoms with Gasteiger partial charge in [-0.25, -0.2) is 13.4 Å². The molecule has 0 saturated carbocycles. The third-order valence-corrected chi connectivity index (χ3v) is 6.28. The van der Waals surface area contributed by atoms with Crippen LogP contribution in [0.4, 0.5) is 0 Å². The zero-order valence-corrected chi connectivity index (χ0v) is 13.3. The highest BCUT2D eigenvalue weighted by molar-refractivity contribution is 8.04. The Kier molecular flexibility index (Phi) is 4.10. The molecule has 0 aliphatic heterocycles. The van der Waals surface area contributed by atoms with Crippen molar-refractivity contribution in [2.75, 3.05) is 0 Å². The molecular weight excluding hydrogens is 322 g/mol. The second-order valence-electron chi connectivity index (χ2n) is 4.20. The lowest BCUT2D eigenvalue weighted by atomic mass is 10.3. The first-order valence-electron chi connectivity index (χ1n) is 6.14. The van der Waals surface area contributed by atoms with Crippen LogP contribution in [0.25, 0.3) is 10.2 Å². The fraction of sp³-hybridized carbons (Fsp3) is 0. The van der Waals surface area contributed by atoms with Crippen LogP contribution in [0.3, 0.4) is 0 Å². The largest absolute Gasteiger partial charge is 0.229 e. The van der Waals surface area contributed by atoms with Crippen molar-refractivity contribution < 1.29 is 8.42 Å². The minimum absolute atomic E-state index is 0.297. The Morgan fingerprint density at radius 2 is 1.71 bits per heavy atom. The smallest absolute Gasteiger partial charge is 0.200 e. The number of nitrogens with zero attached hydrogens (tertiary/aromatic N) is 1. The van der Waals surface area contributed by atoms with Gasteiger partial charge in [0.1, 0.15) is 0 Å². The maximum Gasteiger partial charge on any atom is 0.200 e. The van der Waals surface area contributed by atoms with Gasteiger partial charge in [0.25, 0.3) is 0 Å².